The number of anilines is 1. The molecule has 2 aromatic rings. The number of carbonyl (C=O) groups excluding carboxylic acids is 1. The van der Waals surface area contributed by atoms with E-state index < -0.39 is 0 Å². The van der Waals surface area contributed by atoms with Gasteiger partial charge in [-0.1, -0.05) is 12.1 Å². The standard InChI is InChI=1S/C15H16FN3O2S/c1-21-7-11-8-22-15(17-11)19-14(20)18-13-6-12(13)9-2-4-10(16)5-3-9/h2-5,8,12-13H,6-7H2,1H3,(H2,17,18,19,20)/t12-,13+/m0/s1. The molecule has 1 aliphatic rings. The third kappa shape index (κ3) is 3.61. The molecule has 116 valence electrons. The Morgan fingerprint density at radius 1 is 1.45 bits per heavy atom. The van der Waals surface area contributed by atoms with Gasteiger partial charge in [-0.2, -0.15) is 0 Å². The Bertz CT molecular complexity index is 659. The monoisotopic (exact) mass is 321 g/mol. The van der Waals surface area contributed by atoms with Crippen molar-refractivity contribution in [2.45, 2.75) is 25.0 Å². The van der Waals surface area contributed by atoms with E-state index >= 15 is 0 Å². The Morgan fingerprint density at radius 3 is 2.95 bits per heavy atom. The zero-order chi connectivity index (χ0) is 15.5. The maximum absolute atomic E-state index is 12.9. The van der Waals surface area contributed by atoms with Gasteiger partial charge in [0, 0.05) is 24.4 Å². The van der Waals surface area contributed by atoms with E-state index in [2.05, 4.69) is 15.6 Å². The van der Waals surface area contributed by atoms with Crippen LogP contribution in [0.4, 0.5) is 14.3 Å². The summed E-state index contributed by atoms with van der Waals surface area (Å²) in [5.74, 6) is 0.00832. The number of halogens is 1. The molecule has 22 heavy (non-hydrogen) atoms. The summed E-state index contributed by atoms with van der Waals surface area (Å²) >= 11 is 1.36. The molecule has 2 atom stereocenters. The van der Waals surface area contributed by atoms with Gasteiger partial charge in [-0.05, 0) is 24.1 Å². The van der Waals surface area contributed by atoms with Gasteiger partial charge in [-0.15, -0.1) is 11.3 Å². The topological polar surface area (TPSA) is 63.2 Å². The molecule has 1 saturated carbocycles. The molecule has 2 N–H and O–H groups in total. The zero-order valence-corrected chi connectivity index (χ0v) is 12.8. The fourth-order valence-corrected chi connectivity index (χ4v) is 3.00. The van der Waals surface area contributed by atoms with Crippen molar-refractivity contribution >= 4 is 22.5 Å². The molecule has 1 fully saturated rings. The van der Waals surface area contributed by atoms with Crippen molar-refractivity contribution in [2.24, 2.45) is 0 Å². The number of hydrogen-bond donors (Lipinski definition) is 2. The number of carbonyl (C=O) groups is 1. The molecule has 0 saturated heterocycles. The number of thiazole rings is 1. The maximum Gasteiger partial charge on any atom is 0.321 e. The zero-order valence-electron chi connectivity index (χ0n) is 12.0. The molecule has 1 aromatic heterocycles. The summed E-state index contributed by atoms with van der Waals surface area (Å²) < 4.78 is 17.9. The number of hydrogen-bond acceptors (Lipinski definition) is 4. The molecule has 3 rings (SSSR count). The van der Waals surface area contributed by atoms with Gasteiger partial charge in [0.15, 0.2) is 5.13 Å². The number of nitrogens with one attached hydrogen (secondary N) is 2. The van der Waals surface area contributed by atoms with Gasteiger partial charge < -0.3 is 10.1 Å². The van der Waals surface area contributed by atoms with E-state index in [0.717, 1.165) is 17.7 Å². The van der Waals surface area contributed by atoms with Crippen molar-refractivity contribution in [3.8, 4) is 0 Å². The minimum absolute atomic E-state index is 0.0869. The SMILES string of the molecule is COCc1csc(NC(=O)N[C@@H]2C[C@H]2c2ccc(F)cc2)n1. The van der Waals surface area contributed by atoms with Crippen LogP contribution in [0.1, 0.15) is 23.6 Å². The van der Waals surface area contributed by atoms with Crippen LogP contribution < -0.4 is 10.6 Å². The summed E-state index contributed by atoms with van der Waals surface area (Å²) in [6.45, 7) is 0.426. The predicted octanol–water partition coefficient (Wildman–Crippen LogP) is 3.11. The second kappa shape index (κ2) is 6.41. The lowest BCUT2D eigenvalue weighted by Gasteiger charge is -2.05. The van der Waals surface area contributed by atoms with Gasteiger partial charge in [0.2, 0.25) is 0 Å². The summed E-state index contributed by atoms with van der Waals surface area (Å²) in [4.78, 5) is 16.1. The Kier molecular flexibility index (Phi) is 4.35. The van der Waals surface area contributed by atoms with Crippen LogP contribution in [0.3, 0.4) is 0 Å². The number of rotatable bonds is 5. The van der Waals surface area contributed by atoms with E-state index in [1.165, 1.54) is 23.5 Å². The highest BCUT2D eigenvalue weighted by molar-refractivity contribution is 7.13. The molecule has 1 aromatic carbocycles. The summed E-state index contributed by atoms with van der Waals surface area (Å²) in [6.07, 6.45) is 0.867. The first-order valence-corrected chi connectivity index (χ1v) is 7.80. The molecule has 0 bridgehead atoms. The molecule has 7 heteroatoms. The summed E-state index contributed by atoms with van der Waals surface area (Å²) in [5.41, 5.74) is 1.83. The average molecular weight is 321 g/mol. The predicted molar refractivity (Wildman–Crippen MR) is 82.5 cm³/mol. The first-order chi connectivity index (χ1) is 10.7. The number of amides is 2. The third-order valence-electron chi connectivity index (χ3n) is 3.47. The quantitative estimate of drug-likeness (QED) is 0.889. The highest BCUT2D eigenvalue weighted by Gasteiger charge is 2.39. The van der Waals surface area contributed by atoms with E-state index in [4.69, 9.17) is 4.74 Å². The van der Waals surface area contributed by atoms with E-state index in [9.17, 15) is 9.18 Å². The van der Waals surface area contributed by atoms with Crippen LogP contribution in [0, 0.1) is 5.82 Å². The number of nitrogens with zero attached hydrogens (tertiary/aromatic N) is 1. The summed E-state index contributed by atoms with van der Waals surface area (Å²) in [6, 6.07) is 6.22. The van der Waals surface area contributed by atoms with Gasteiger partial charge in [0.25, 0.3) is 0 Å². The Morgan fingerprint density at radius 2 is 2.23 bits per heavy atom. The van der Waals surface area contributed by atoms with Gasteiger partial charge >= 0.3 is 6.03 Å². The average Bonchev–Trinajstić information content (AvgIpc) is 3.10. The molecule has 5 nitrogen and oxygen atoms in total. The molecule has 1 aliphatic carbocycles. The summed E-state index contributed by atoms with van der Waals surface area (Å²) in [7, 11) is 1.60. The van der Waals surface area contributed by atoms with Crippen molar-refractivity contribution in [3.63, 3.8) is 0 Å². The molecule has 2 amide bonds. The van der Waals surface area contributed by atoms with Crippen molar-refractivity contribution in [1.82, 2.24) is 10.3 Å². The van der Waals surface area contributed by atoms with Crippen molar-refractivity contribution in [2.75, 3.05) is 12.4 Å². The van der Waals surface area contributed by atoms with Gasteiger partial charge in [-0.3, -0.25) is 5.32 Å². The van der Waals surface area contributed by atoms with Crippen LogP contribution in [-0.2, 0) is 11.3 Å². The smallest absolute Gasteiger partial charge is 0.321 e. The number of ether oxygens (including phenoxy) is 1. The number of benzene rings is 1. The maximum atomic E-state index is 12.9. The molecule has 0 unspecified atom stereocenters. The lowest BCUT2D eigenvalue weighted by Crippen LogP contribution is -2.31. The third-order valence-corrected chi connectivity index (χ3v) is 4.28. The minimum Gasteiger partial charge on any atom is -0.378 e. The Balaban J connectivity index is 1.49. The fourth-order valence-electron chi connectivity index (χ4n) is 2.31. The molecular weight excluding hydrogens is 305 g/mol. The fraction of sp³-hybridized carbons (Fsp3) is 0.333. The van der Waals surface area contributed by atoms with Crippen LogP contribution in [0.5, 0.6) is 0 Å². The van der Waals surface area contributed by atoms with E-state index in [1.807, 2.05) is 5.38 Å². The van der Waals surface area contributed by atoms with Crippen molar-refractivity contribution in [1.29, 1.82) is 0 Å². The van der Waals surface area contributed by atoms with Crippen LogP contribution in [-0.4, -0.2) is 24.2 Å². The normalized spacial score (nSPS) is 19.7. The summed E-state index contributed by atoms with van der Waals surface area (Å²) in [5, 5.41) is 8.00. The molecule has 0 spiro atoms. The van der Waals surface area contributed by atoms with Gasteiger partial charge in [0.1, 0.15) is 5.82 Å². The van der Waals surface area contributed by atoms with Crippen molar-refractivity contribution in [3.05, 3.63) is 46.7 Å². The largest absolute Gasteiger partial charge is 0.378 e. The second-order valence-electron chi connectivity index (χ2n) is 5.18. The Hall–Kier alpha value is -1.99. The number of methoxy groups -OCH3 is 1. The van der Waals surface area contributed by atoms with Gasteiger partial charge in [-0.25, -0.2) is 14.2 Å². The number of urea groups is 1. The van der Waals surface area contributed by atoms with Crippen molar-refractivity contribution < 1.29 is 13.9 Å². The lowest BCUT2D eigenvalue weighted by molar-refractivity contribution is 0.182. The van der Waals surface area contributed by atoms with Crippen LogP contribution in [0.15, 0.2) is 29.6 Å². The highest BCUT2D eigenvalue weighted by Crippen LogP contribution is 2.40. The Labute approximate surface area is 131 Å². The highest BCUT2D eigenvalue weighted by atomic mass is 32.1. The first kappa shape index (κ1) is 14.9. The molecule has 0 aliphatic heterocycles. The van der Waals surface area contributed by atoms with E-state index in [0.29, 0.717) is 11.7 Å². The first-order valence-electron chi connectivity index (χ1n) is 6.92. The second-order valence-corrected chi connectivity index (χ2v) is 6.03. The lowest BCUT2D eigenvalue weighted by atomic mass is 10.1. The molecule has 0 radical (unpaired) electrons. The van der Waals surface area contributed by atoms with E-state index in [-0.39, 0.29) is 23.8 Å². The van der Waals surface area contributed by atoms with Crippen LogP contribution in [0.2, 0.25) is 0 Å². The molecular formula is C15H16FN3O2S. The van der Waals surface area contributed by atoms with Crippen LogP contribution >= 0.6 is 11.3 Å². The minimum atomic E-state index is -0.270. The van der Waals surface area contributed by atoms with Crippen LogP contribution in [0.25, 0.3) is 0 Å². The molecule has 1 heterocycles. The number of aromatic nitrogens is 1. The van der Waals surface area contributed by atoms with E-state index in [1.54, 1.807) is 19.2 Å². The van der Waals surface area contributed by atoms with Gasteiger partial charge in [0.05, 0.1) is 12.3 Å².